The van der Waals surface area contributed by atoms with Gasteiger partial charge in [0.25, 0.3) is 14.3 Å². The highest BCUT2D eigenvalue weighted by atomic mass is 35.5. The topological polar surface area (TPSA) is 26.3 Å². The smallest absolute Gasteiger partial charge is 0.292 e. The van der Waals surface area contributed by atoms with Crippen molar-refractivity contribution in [1.82, 2.24) is 0 Å². The molecule has 0 fully saturated rings. The summed E-state index contributed by atoms with van der Waals surface area (Å²) in [5, 5.41) is 0. The quantitative estimate of drug-likeness (QED) is 0.427. The van der Waals surface area contributed by atoms with Gasteiger partial charge in [0.15, 0.2) is 0 Å². The number of carbonyl (C=O) groups is 1. The Morgan fingerprint density at radius 1 is 1.06 bits per heavy atom. The zero-order valence-electron chi connectivity index (χ0n) is 11.6. The first-order valence-electron chi connectivity index (χ1n) is 6.92. The Morgan fingerprint density at radius 2 is 1.53 bits per heavy atom. The van der Waals surface area contributed by atoms with E-state index in [1.165, 1.54) is 0 Å². The highest BCUT2D eigenvalue weighted by molar-refractivity contribution is 6.75. The van der Waals surface area contributed by atoms with Crippen molar-refractivity contribution >= 4 is 25.9 Å². The molecule has 0 aromatic carbocycles. The van der Waals surface area contributed by atoms with E-state index in [0.717, 1.165) is 43.8 Å². The number of carbonyl (C=O) groups excluding carboxylic acids is 1. The Hall–Kier alpha value is -0.0231. The molecule has 2 nitrogen and oxygen atoms in total. The van der Waals surface area contributed by atoms with Crippen molar-refractivity contribution in [2.45, 2.75) is 71.0 Å². The van der Waals surface area contributed by atoms with Crippen LogP contribution >= 0.6 is 11.6 Å². The van der Waals surface area contributed by atoms with E-state index in [4.69, 9.17) is 16.0 Å². The number of hydrogen-bond acceptors (Lipinski definition) is 2. The van der Waals surface area contributed by atoms with Gasteiger partial charge in [-0.1, -0.05) is 40.0 Å². The predicted molar refractivity (Wildman–Crippen MR) is 77.1 cm³/mol. The molecule has 0 bridgehead atoms. The summed E-state index contributed by atoms with van der Waals surface area (Å²) in [6, 6.07) is 3.34. The molecule has 0 atom stereocenters. The fourth-order valence-electron chi connectivity index (χ4n) is 2.40. The third-order valence-electron chi connectivity index (χ3n) is 2.96. The Balaban J connectivity index is 4.46. The summed E-state index contributed by atoms with van der Waals surface area (Å²) in [4.78, 5) is 11.8. The molecule has 0 heterocycles. The van der Waals surface area contributed by atoms with Crippen LogP contribution in [0.15, 0.2) is 0 Å². The molecule has 102 valence electrons. The second kappa shape index (κ2) is 9.95. The van der Waals surface area contributed by atoms with Crippen LogP contribution in [0.3, 0.4) is 0 Å². The van der Waals surface area contributed by atoms with Crippen LogP contribution in [-0.4, -0.2) is 20.2 Å². The van der Waals surface area contributed by atoms with Crippen molar-refractivity contribution in [3.8, 4) is 0 Å². The first-order chi connectivity index (χ1) is 8.14. The zero-order chi connectivity index (χ0) is 13.1. The molecule has 0 saturated carbocycles. The summed E-state index contributed by atoms with van der Waals surface area (Å²) in [5.41, 5.74) is 0. The maximum absolute atomic E-state index is 11.8. The molecule has 0 amide bonds. The Morgan fingerprint density at radius 3 is 1.88 bits per heavy atom. The molecular formula is C13H27ClO2Si. The van der Waals surface area contributed by atoms with Crippen molar-refractivity contribution < 1.29 is 9.22 Å². The van der Waals surface area contributed by atoms with Gasteiger partial charge in [-0.3, -0.25) is 4.79 Å². The van der Waals surface area contributed by atoms with Crippen LogP contribution in [0.5, 0.6) is 0 Å². The van der Waals surface area contributed by atoms with Gasteiger partial charge in [0.05, 0.1) is 0 Å². The van der Waals surface area contributed by atoms with Gasteiger partial charge in [0.2, 0.25) is 0 Å². The minimum Gasteiger partial charge on any atom is -0.519 e. The largest absolute Gasteiger partial charge is 0.519 e. The molecule has 0 saturated heterocycles. The van der Waals surface area contributed by atoms with Crippen molar-refractivity contribution in [3.05, 3.63) is 0 Å². The van der Waals surface area contributed by atoms with Crippen LogP contribution in [-0.2, 0) is 9.22 Å². The van der Waals surface area contributed by atoms with Crippen LogP contribution < -0.4 is 0 Å². The highest BCUT2D eigenvalue weighted by Crippen LogP contribution is 2.28. The third kappa shape index (κ3) is 7.09. The molecular weight excluding hydrogens is 252 g/mol. The number of alkyl halides is 1. The van der Waals surface area contributed by atoms with Crippen LogP contribution in [0.1, 0.15) is 52.9 Å². The Bertz CT molecular complexity index is 193. The molecule has 0 aromatic heterocycles. The van der Waals surface area contributed by atoms with Crippen LogP contribution in [0.4, 0.5) is 0 Å². The number of rotatable bonds is 10. The molecule has 0 aliphatic rings. The molecule has 0 spiro atoms. The van der Waals surface area contributed by atoms with E-state index in [9.17, 15) is 4.79 Å². The molecule has 4 heteroatoms. The minimum absolute atomic E-state index is 0.0207. The van der Waals surface area contributed by atoms with Gasteiger partial charge in [-0.05, 0) is 24.6 Å². The second-order valence-corrected chi connectivity index (χ2v) is 9.15. The standard InChI is InChI=1S/C13H27ClO2Si/c1-4-10-17(11-5-2,12-6-3)16-13(15)8-7-9-14/h4-12H2,1-3H3. The SMILES string of the molecule is CCC[Si](CCC)(CCC)OC(=O)CCCCl. The minimum atomic E-state index is -1.80. The van der Waals surface area contributed by atoms with E-state index >= 15 is 0 Å². The van der Waals surface area contributed by atoms with Gasteiger partial charge in [-0.2, -0.15) is 0 Å². The Labute approximate surface area is 112 Å². The summed E-state index contributed by atoms with van der Waals surface area (Å²) in [6.45, 7) is 6.54. The molecule has 0 radical (unpaired) electrons. The fraction of sp³-hybridized carbons (Fsp3) is 0.923. The van der Waals surface area contributed by atoms with Gasteiger partial charge >= 0.3 is 0 Å². The van der Waals surface area contributed by atoms with E-state index in [1.54, 1.807) is 0 Å². The summed E-state index contributed by atoms with van der Waals surface area (Å²) < 4.78 is 5.90. The second-order valence-electron chi connectivity index (χ2n) is 4.70. The molecule has 0 aliphatic heterocycles. The van der Waals surface area contributed by atoms with Crippen molar-refractivity contribution in [1.29, 1.82) is 0 Å². The van der Waals surface area contributed by atoms with Gasteiger partial charge in [0, 0.05) is 12.3 Å². The lowest BCUT2D eigenvalue weighted by Crippen LogP contribution is -2.40. The van der Waals surface area contributed by atoms with Gasteiger partial charge in [-0.25, -0.2) is 0 Å². The predicted octanol–water partition coefficient (Wildman–Crippen LogP) is 4.72. The average molecular weight is 279 g/mol. The highest BCUT2D eigenvalue weighted by Gasteiger charge is 2.35. The first-order valence-corrected chi connectivity index (χ1v) is 9.98. The molecule has 17 heavy (non-hydrogen) atoms. The van der Waals surface area contributed by atoms with Crippen molar-refractivity contribution in [2.24, 2.45) is 0 Å². The molecule has 0 unspecified atom stereocenters. The van der Waals surface area contributed by atoms with Gasteiger partial charge in [-0.15, -0.1) is 11.6 Å². The van der Waals surface area contributed by atoms with E-state index in [1.807, 2.05) is 0 Å². The zero-order valence-corrected chi connectivity index (χ0v) is 13.3. The maximum atomic E-state index is 11.8. The average Bonchev–Trinajstić information content (AvgIpc) is 2.27. The van der Waals surface area contributed by atoms with Crippen molar-refractivity contribution in [2.75, 3.05) is 5.88 Å². The van der Waals surface area contributed by atoms with E-state index in [-0.39, 0.29) is 5.97 Å². The normalized spacial score (nSPS) is 11.5. The van der Waals surface area contributed by atoms with Crippen LogP contribution in [0.25, 0.3) is 0 Å². The molecule has 0 aliphatic carbocycles. The lowest BCUT2D eigenvalue weighted by molar-refractivity contribution is -0.135. The van der Waals surface area contributed by atoms with E-state index in [2.05, 4.69) is 20.8 Å². The maximum Gasteiger partial charge on any atom is 0.292 e. The monoisotopic (exact) mass is 278 g/mol. The van der Waals surface area contributed by atoms with Gasteiger partial charge < -0.3 is 4.43 Å². The van der Waals surface area contributed by atoms with Crippen molar-refractivity contribution in [3.63, 3.8) is 0 Å². The summed E-state index contributed by atoms with van der Waals surface area (Å²) >= 11 is 5.60. The summed E-state index contributed by atoms with van der Waals surface area (Å²) in [5.74, 6) is 0.520. The lowest BCUT2D eigenvalue weighted by Gasteiger charge is -2.30. The van der Waals surface area contributed by atoms with Crippen LogP contribution in [0.2, 0.25) is 18.1 Å². The summed E-state index contributed by atoms with van der Waals surface area (Å²) in [6.07, 6.45) is 4.57. The number of hydrogen-bond donors (Lipinski definition) is 0. The molecule has 0 rings (SSSR count). The Kier molecular flexibility index (Phi) is 9.94. The third-order valence-corrected chi connectivity index (χ3v) is 8.12. The number of halogens is 1. The summed E-state index contributed by atoms with van der Waals surface area (Å²) in [7, 11) is -1.80. The van der Waals surface area contributed by atoms with Crippen LogP contribution in [0, 0.1) is 0 Å². The first kappa shape index (κ1) is 17.0. The van der Waals surface area contributed by atoms with E-state index in [0.29, 0.717) is 12.3 Å². The molecule has 0 aromatic rings. The van der Waals surface area contributed by atoms with Gasteiger partial charge in [0.1, 0.15) is 0 Å². The van der Waals surface area contributed by atoms with E-state index < -0.39 is 8.32 Å². The molecule has 0 N–H and O–H groups in total. The lowest BCUT2D eigenvalue weighted by atomic mass is 10.3. The fourth-order valence-corrected chi connectivity index (χ4v) is 6.91.